The van der Waals surface area contributed by atoms with Crippen LogP contribution in [0.1, 0.15) is 44.6 Å². The predicted octanol–water partition coefficient (Wildman–Crippen LogP) is 2.99. The summed E-state index contributed by atoms with van der Waals surface area (Å²) in [6.45, 7) is 5.89. The van der Waals surface area contributed by atoms with Crippen molar-refractivity contribution in [1.29, 1.82) is 0 Å². The van der Waals surface area contributed by atoms with Gasteiger partial charge >= 0.3 is 5.97 Å². The minimum Gasteiger partial charge on any atom is -0.481 e. The van der Waals surface area contributed by atoms with Gasteiger partial charge in [0.2, 0.25) is 5.91 Å². The lowest BCUT2D eigenvalue weighted by atomic mass is 9.87. The Balaban J connectivity index is 1.83. The molecule has 1 aromatic heterocycles. The van der Waals surface area contributed by atoms with Crippen molar-refractivity contribution < 1.29 is 23.8 Å². The number of furan rings is 1. The number of carboxylic acid groups (broad SMARTS) is 1. The normalized spacial score (nSPS) is 25.2. The molecule has 1 aromatic rings. The molecule has 1 saturated heterocycles. The zero-order chi connectivity index (χ0) is 16.1. The number of carboxylic acids is 1. The summed E-state index contributed by atoms with van der Waals surface area (Å²) in [5.74, 6) is -0.801. The summed E-state index contributed by atoms with van der Waals surface area (Å²) < 4.78 is 11.4. The Morgan fingerprint density at radius 1 is 1.55 bits per heavy atom. The van der Waals surface area contributed by atoms with Crippen molar-refractivity contribution in [3.05, 3.63) is 18.1 Å². The number of rotatable bonds is 4. The molecule has 1 unspecified atom stereocenters. The first-order valence-electron chi connectivity index (χ1n) is 7.18. The fraction of sp³-hybridized carbons (Fsp3) is 0.600. The Kier molecular flexibility index (Phi) is 3.72. The van der Waals surface area contributed by atoms with E-state index >= 15 is 0 Å². The highest BCUT2D eigenvalue weighted by atomic mass is 32.2. The second-order valence-corrected chi connectivity index (χ2v) is 7.94. The summed E-state index contributed by atoms with van der Waals surface area (Å²) in [4.78, 5) is 24.5. The number of β-lactam (4-membered cyclic amide) rings is 1. The molecule has 3 rings (SSSR count). The lowest BCUT2D eigenvalue weighted by Crippen LogP contribution is -2.53. The van der Waals surface area contributed by atoms with Crippen LogP contribution >= 0.6 is 11.8 Å². The molecule has 1 N–H and O–H groups in total. The van der Waals surface area contributed by atoms with Crippen molar-refractivity contribution in [2.45, 2.75) is 50.5 Å². The Hall–Kier alpha value is -1.47. The van der Waals surface area contributed by atoms with Crippen molar-refractivity contribution in [1.82, 2.24) is 0 Å². The van der Waals surface area contributed by atoms with Gasteiger partial charge in [0, 0.05) is 0 Å². The van der Waals surface area contributed by atoms with Crippen LogP contribution in [0.25, 0.3) is 0 Å². The van der Waals surface area contributed by atoms with Crippen molar-refractivity contribution in [2.75, 3.05) is 4.90 Å². The molecular weight excluding hydrogens is 306 g/mol. The Bertz CT molecular complexity index is 605. The van der Waals surface area contributed by atoms with E-state index in [-0.39, 0.29) is 28.6 Å². The third-order valence-corrected chi connectivity index (χ3v) is 5.29. The maximum absolute atomic E-state index is 11.7. The minimum absolute atomic E-state index is 0.0491. The number of hydrogen-bond acceptors (Lipinski definition) is 5. The fourth-order valence-electron chi connectivity index (χ4n) is 2.65. The van der Waals surface area contributed by atoms with Crippen LogP contribution < -0.4 is 4.90 Å². The van der Waals surface area contributed by atoms with Crippen molar-refractivity contribution in [2.24, 2.45) is 5.41 Å². The highest BCUT2D eigenvalue weighted by Crippen LogP contribution is 2.52. The third kappa shape index (κ3) is 2.63. The molecule has 120 valence electrons. The van der Waals surface area contributed by atoms with E-state index in [1.54, 1.807) is 17.4 Å². The molecule has 6 nitrogen and oxygen atoms in total. The largest absolute Gasteiger partial charge is 0.481 e. The van der Waals surface area contributed by atoms with Crippen molar-refractivity contribution >= 4 is 29.3 Å². The molecule has 0 spiro atoms. The van der Waals surface area contributed by atoms with Crippen LogP contribution in [-0.4, -0.2) is 28.5 Å². The van der Waals surface area contributed by atoms with Gasteiger partial charge < -0.3 is 14.3 Å². The average Bonchev–Trinajstić information content (AvgIpc) is 2.83. The minimum atomic E-state index is -0.881. The maximum atomic E-state index is 11.7. The number of amides is 1. The maximum Gasteiger partial charge on any atom is 0.306 e. The molecule has 3 atom stereocenters. The van der Waals surface area contributed by atoms with E-state index in [0.29, 0.717) is 6.42 Å². The first-order valence-corrected chi connectivity index (χ1v) is 8.12. The first-order chi connectivity index (χ1) is 10.3. The summed E-state index contributed by atoms with van der Waals surface area (Å²) in [6.07, 6.45) is 3.14. The quantitative estimate of drug-likeness (QED) is 0.857. The molecule has 7 heteroatoms. The summed E-state index contributed by atoms with van der Waals surface area (Å²) in [5.41, 5.74) is 0.934. The van der Waals surface area contributed by atoms with Gasteiger partial charge in [-0.05, 0) is 5.41 Å². The van der Waals surface area contributed by atoms with Gasteiger partial charge in [-0.3, -0.25) is 14.5 Å². The van der Waals surface area contributed by atoms with Crippen LogP contribution in [0, 0.1) is 5.41 Å². The molecule has 0 saturated carbocycles. The lowest BCUT2D eigenvalue weighted by molar-refractivity contribution is -0.143. The number of anilines is 1. The number of nitrogens with zero attached hydrogens (tertiary/aromatic N) is 1. The molecule has 0 aromatic carbocycles. The van der Waals surface area contributed by atoms with Gasteiger partial charge in [-0.25, -0.2) is 0 Å². The first kappa shape index (κ1) is 15.4. The van der Waals surface area contributed by atoms with E-state index in [4.69, 9.17) is 14.3 Å². The number of carbonyl (C=O) groups excluding carboxylic acids is 1. The zero-order valence-electron chi connectivity index (χ0n) is 12.7. The summed E-state index contributed by atoms with van der Waals surface area (Å²) in [7, 11) is 0. The fourth-order valence-corrected chi connectivity index (χ4v) is 4.04. The molecular formula is C15H19NO5S. The molecule has 0 bridgehead atoms. The Morgan fingerprint density at radius 2 is 2.27 bits per heavy atom. The zero-order valence-corrected chi connectivity index (χ0v) is 13.6. The second-order valence-electron chi connectivity index (χ2n) is 6.69. The van der Waals surface area contributed by atoms with Gasteiger partial charge in [0.15, 0.2) is 0 Å². The highest BCUT2D eigenvalue weighted by molar-refractivity contribution is 8.00. The van der Waals surface area contributed by atoms with E-state index in [1.807, 2.05) is 20.8 Å². The Labute approximate surface area is 132 Å². The SMILES string of the molecule is CC(C)(C)C(CC(=O)O)O[C@H]1S[C@H]2CC(=O)N2c2cocc21. The van der Waals surface area contributed by atoms with E-state index in [9.17, 15) is 9.59 Å². The van der Waals surface area contributed by atoms with Crippen LogP contribution in [0.3, 0.4) is 0 Å². The second kappa shape index (κ2) is 5.31. The van der Waals surface area contributed by atoms with Gasteiger partial charge in [0.25, 0.3) is 0 Å². The highest BCUT2D eigenvalue weighted by Gasteiger charge is 2.47. The van der Waals surface area contributed by atoms with Gasteiger partial charge in [0.05, 0.1) is 41.8 Å². The van der Waals surface area contributed by atoms with Crippen LogP contribution in [0.15, 0.2) is 16.9 Å². The third-order valence-electron chi connectivity index (χ3n) is 3.98. The number of aliphatic carboxylic acids is 1. The predicted molar refractivity (Wildman–Crippen MR) is 81.5 cm³/mol. The van der Waals surface area contributed by atoms with Crippen LogP contribution in [0.5, 0.6) is 0 Å². The smallest absolute Gasteiger partial charge is 0.306 e. The molecule has 1 fully saturated rings. The van der Waals surface area contributed by atoms with Crippen molar-refractivity contribution in [3.8, 4) is 0 Å². The van der Waals surface area contributed by atoms with Crippen molar-refractivity contribution in [3.63, 3.8) is 0 Å². The molecule has 22 heavy (non-hydrogen) atoms. The van der Waals surface area contributed by atoms with Crippen LogP contribution in [0.2, 0.25) is 0 Å². The Morgan fingerprint density at radius 3 is 2.86 bits per heavy atom. The topological polar surface area (TPSA) is 80.0 Å². The van der Waals surface area contributed by atoms with E-state index in [2.05, 4.69) is 0 Å². The lowest BCUT2D eigenvalue weighted by Gasteiger charge is -2.46. The molecule has 2 aliphatic rings. The molecule has 0 radical (unpaired) electrons. The number of thioether (sulfide) groups is 1. The standard InChI is InChI=1S/C15H19NO5S/c1-15(2,3)10(4-13(18)19)21-14-8-6-20-7-9(8)16-11(17)5-12(16)22-14/h6-7,10,12,14H,4-5H2,1-3H3,(H,18,19)/t10?,12-,14-/m0/s1. The summed E-state index contributed by atoms with van der Waals surface area (Å²) >= 11 is 1.53. The number of hydrogen-bond donors (Lipinski definition) is 1. The van der Waals surface area contributed by atoms with Gasteiger partial charge in [0.1, 0.15) is 11.7 Å². The summed E-state index contributed by atoms with van der Waals surface area (Å²) in [5, 5.41) is 9.16. The van der Waals surface area contributed by atoms with Crippen LogP contribution in [0.4, 0.5) is 5.69 Å². The van der Waals surface area contributed by atoms with E-state index in [0.717, 1.165) is 11.3 Å². The average molecular weight is 325 g/mol. The van der Waals surface area contributed by atoms with E-state index < -0.39 is 12.1 Å². The monoisotopic (exact) mass is 325 g/mol. The number of fused-ring (bicyclic) bond motifs is 3. The molecule has 3 heterocycles. The molecule has 1 amide bonds. The van der Waals surface area contributed by atoms with Crippen LogP contribution in [-0.2, 0) is 14.3 Å². The van der Waals surface area contributed by atoms with Gasteiger partial charge in [-0.15, -0.1) is 0 Å². The van der Waals surface area contributed by atoms with E-state index in [1.165, 1.54) is 11.8 Å². The van der Waals surface area contributed by atoms with Gasteiger partial charge in [-0.1, -0.05) is 32.5 Å². The number of ether oxygens (including phenoxy) is 1. The molecule has 0 aliphatic carbocycles. The summed E-state index contributed by atoms with van der Waals surface area (Å²) in [6, 6.07) is 0. The van der Waals surface area contributed by atoms with Gasteiger partial charge in [-0.2, -0.15) is 0 Å². The molecule has 2 aliphatic heterocycles. The number of carbonyl (C=O) groups is 2.